The molecule has 0 saturated heterocycles. The quantitative estimate of drug-likeness (QED) is 0.664. The summed E-state index contributed by atoms with van der Waals surface area (Å²) in [4.78, 5) is 2.62. The maximum Gasteiger partial charge on any atom is 0.0217 e. The minimum Gasteiger partial charge on any atom is -0.313 e. The van der Waals surface area contributed by atoms with E-state index in [2.05, 4.69) is 37.9 Å². The van der Waals surface area contributed by atoms with Crippen LogP contribution in [0.15, 0.2) is 0 Å². The molecule has 0 aliphatic heterocycles. The van der Waals surface area contributed by atoms with Crippen LogP contribution in [0.1, 0.15) is 40.5 Å². The first-order chi connectivity index (χ1) is 7.17. The first kappa shape index (κ1) is 13.0. The molecule has 1 aliphatic carbocycles. The van der Waals surface area contributed by atoms with Crippen molar-refractivity contribution in [3.63, 3.8) is 0 Å². The molecule has 0 spiro atoms. The van der Waals surface area contributed by atoms with Gasteiger partial charge >= 0.3 is 0 Å². The Hall–Kier alpha value is -0.0800. The number of likely N-dealkylation sites (N-methyl/N-ethyl adjacent to an activating group) is 2. The molecule has 1 saturated carbocycles. The number of hydrogen-bond donors (Lipinski definition) is 1. The second kappa shape index (κ2) is 6.49. The molecule has 0 aromatic heterocycles. The molecule has 0 aromatic rings. The molecule has 90 valence electrons. The van der Waals surface area contributed by atoms with Crippen LogP contribution in [-0.4, -0.2) is 37.1 Å². The largest absolute Gasteiger partial charge is 0.313 e. The summed E-state index contributed by atoms with van der Waals surface area (Å²) >= 11 is 0. The summed E-state index contributed by atoms with van der Waals surface area (Å²) in [5.74, 6) is 1.75. The van der Waals surface area contributed by atoms with Gasteiger partial charge in [-0.2, -0.15) is 0 Å². The van der Waals surface area contributed by atoms with Gasteiger partial charge in [0.2, 0.25) is 0 Å². The highest BCUT2D eigenvalue weighted by Gasteiger charge is 2.25. The molecule has 1 fully saturated rings. The molecular weight excluding hydrogens is 184 g/mol. The predicted octanol–water partition coefficient (Wildman–Crippen LogP) is 2.35. The van der Waals surface area contributed by atoms with Crippen molar-refractivity contribution in [3.8, 4) is 0 Å². The Kier molecular flexibility index (Phi) is 5.62. The van der Waals surface area contributed by atoms with Crippen LogP contribution >= 0.6 is 0 Å². The molecule has 1 aliphatic rings. The van der Waals surface area contributed by atoms with Crippen LogP contribution in [0.3, 0.4) is 0 Å². The fraction of sp³-hybridized carbons (Fsp3) is 1.00. The molecule has 0 heterocycles. The molecule has 0 radical (unpaired) electrons. The van der Waals surface area contributed by atoms with Crippen molar-refractivity contribution in [2.45, 2.75) is 46.6 Å². The summed E-state index contributed by atoms with van der Waals surface area (Å²) in [6, 6.07) is 0.661. The number of hydrogen-bond acceptors (Lipinski definition) is 2. The van der Waals surface area contributed by atoms with Crippen LogP contribution in [0.25, 0.3) is 0 Å². The van der Waals surface area contributed by atoms with Gasteiger partial charge in [-0.3, -0.25) is 0 Å². The van der Waals surface area contributed by atoms with E-state index < -0.39 is 0 Å². The van der Waals surface area contributed by atoms with E-state index in [1.807, 2.05) is 0 Å². The first-order valence-corrected chi connectivity index (χ1v) is 6.63. The number of nitrogens with one attached hydrogen (secondary N) is 1. The molecule has 1 N–H and O–H groups in total. The molecule has 2 nitrogen and oxygen atoms in total. The minimum absolute atomic E-state index is 0.661. The topological polar surface area (TPSA) is 15.3 Å². The summed E-state index contributed by atoms with van der Waals surface area (Å²) < 4.78 is 0. The second-order valence-electron chi connectivity index (χ2n) is 5.20. The maximum atomic E-state index is 3.60. The molecular formula is C13H28N2. The Balaban J connectivity index is 2.31. The fourth-order valence-electron chi connectivity index (χ4n) is 2.05. The first-order valence-electron chi connectivity index (χ1n) is 6.63. The van der Waals surface area contributed by atoms with E-state index >= 15 is 0 Å². The van der Waals surface area contributed by atoms with E-state index in [9.17, 15) is 0 Å². The predicted molar refractivity (Wildman–Crippen MR) is 67.1 cm³/mol. The standard InChI is InChI=1S/C13H28N2/c1-5-14-13(11(3)4)10-15(6-2)9-12-7-8-12/h11-14H,5-10H2,1-4H3. The van der Waals surface area contributed by atoms with Crippen molar-refractivity contribution in [2.75, 3.05) is 26.2 Å². The number of nitrogens with zero attached hydrogens (tertiary/aromatic N) is 1. The third-order valence-corrected chi connectivity index (χ3v) is 3.39. The van der Waals surface area contributed by atoms with Crippen molar-refractivity contribution in [3.05, 3.63) is 0 Å². The van der Waals surface area contributed by atoms with Gasteiger partial charge in [0, 0.05) is 19.1 Å². The summed E-state index contributed by atoms with van der Waals surface area (Å²) in [7, 11) is 0. The van der Waals surface area contributed by atoms with Crippen molar-refractivity contribution < 1.29 is 0 Å². The van der Waals surface area contributed by atoms with Crippen LogP contribution in [0.2, 0.25) is 0 Å². The lowest BCUT2D eigenvalue weighted by molar-refractivity contribution is 0.220. The average Bonchev–Trinajstić information content (AvgIpc) is 2.99. The Morgan fingerprint density at radius 1 is 1.27 bits per heavy atom. The molecule has 0 aromatic carbocycles. The van der Waals surface area contributed by atoms with Crippen molar-refractivity contribution in [1.82, 2.24) is 10.2 Å². The van der Waals surface area contributed by atoms with E-state index in [1.54, 1.807) is 0 Å². The van der Waals surface area contributed by atoms with Crippen LogP contribution in [0, 0.1) is 11.8 Å². The summed E-state index contributed by atoms with van der Waals surface area (Å²) in [5, 5.41) is 3.60. The Morgan fingerprint density at radius 3 is 2.33 bits per heavy atom. The van der Waals surface area contributed by atoms with Crippen molar-refractivity contribution in [1.29, 1.82) is 0 Å². The SMILES string of the molecule is CCNC(CN(CC)CC1CC1)C(C)C. The van der Waals surface area contributed by atoms with Crippen molar-refractivity contribution in [2.24, 2.45) is 11.8 Å². The van der Waals surface area contributed by atoms with Gasteiger partial charge in [0.25, 0.3) is 0 Å². The van der Waals surface area contributed by atoms with Crippen LogP contribution in [-0.2, 0) is 0 Å². The number of rotatable bonds is 8. The lowest BCUT2D eigenvalue weighted by Crippen LogP contribution is -2.44. The highest BCUT2D eigenvalue weighted by Crippen LogP contribution is 2.29. The molecule has 0 bridgehead atoms. The third-order valence-electron chi connectivity index (χ3n) is 3.39. The van der Waals surface area contributed by atoms with Gasteiger partial charge in [-0.05, 0) is 37.8 Å². The van der Waals surface area contributed by atoms with E-state index in [0.29, 0.717) is 6.04 Å². The molecule has 0 amide bonds. The summed E-state index contributed by atoms with van der Waals surface area (Å²) in [5.41, 5.74) is 0. The van der Waals surface area contributed by atoms with Crippen molar-refractivity contribution >= 4 is 0 Å². The third kappa shape index (κ3) is 4.98. The lowest BCUT2D eigenvalue weighted by atomic mass is 10.0. The van der Waals surface area contributed by atoms with Gasteiger partial charge in [0.1, 0.15) is 0 Å². The Bertz CT molecular complexity index is 164. The zero-order valence-corrected chi connectivity index (χ0v) is 10.9. The van der Waals surface area contributed by atoms with Gasteiger partial charge in [-0.25, -0.2) is 0 Å². The summed E-state index contributed by atoms with van der Waals surface area (Å²) in [6.45, 7) is 14.0. The van der Waals surface area contributed by atoms with Crippen LogP contribution < -0.4 is 5.32 Å². The van der Waals surface area contributed by atoms with Gasteiger partial charge in [0.05, 0.1) is 0 Å². The van der Waals surface area contributed by atoms with Gasteiger partial charge in [-0.1, -0.05) is 27.7 Å². The van der Waals surface area contributed by atoms with Gasteiger partial charge in [-0.15, -0.1) is 0 Å². The lowest BCUT2D eigenvalue weighted by Gasteiger charge is -2.29. The maximum absolute atomic E-state index is 3.60. The van der Waals surface area contributed by atoms with Crippen LogP contribution in [0.5, 0.6) is 0 Å². The minimum atomic E-state index is 0.661. The second-order valence-corrected chi connectivity index (χ2v) is 5.20. The molecule has 1 rings (SSSR count). The van der Waals surface area contributed by atoms with Gasteiger partial charge in [0.15, 0.2) is 0 Å². The van der Waals surface area contributed by atoms with E-state index in [-0.39, 0.29) is 0 Å². The molecule has 15 heavy (non-hydrogen) atoms. The molecule has 1 atom stereocenters. The molecule has 2 heteroatoms. The monoisotopic (exact) mass is 212 g/mol. The Morgan fingerprint density at radius 2 is 1.93 bits per heavy atom. The fourth-order valence-corrected chi connectivity index (χ4v) is 2.05. The summed E-state index contributed by atoms with van der Waals surface area (Å²) in [6.07, 6.45) is 2.92. The Labute approximate surface area is 95.4 Å². The average molecular weight is 212 g/mol. The van der Waals surface area contributed by atoms with E-state index in [0.717, 1.165) is 18.4 Å². The zero-order valence-electron chi connectivity index (χ0n) is 10.9. The van der Waals surface area contributed by atoms with E-state index in [4.69, 9.17) is 0 Å². The van der Waals surface area contributed by atoms with Crippen LogP contribution in [0.4, 0.5) is 0 Å². The van der Waals surface area contributed by atoms with Gasteiger partial charge < -0.3 is 10.2 Å². The highest BCUT2D eigenvalue weighted by atomic mass is 15.1. The molecule has 1 unspecified atom stereocenters. The highest BCUT2D eigenvalue weighted by molar-refractivity contribution is 4.80. The zero-order chi connectivity index (χ0) is 11.3. The smallest absolute Gasteiger partial charge is 0.0217 e. The van der Waals surface area contributed by atoms with E-state index in [1.165, 1.54) is 32.5 Å². The normalized spacial score (nSPS) is 18.8.